The zero-order valence-corrected chi connectivity index (χ0v) is 14.4. The van der Waals surface area contributed by atoms with Gasteiger partial charge in [-0.3, -0.25) is 0 Å². The largest absolute Gasteiger partial charge is 0.373 e. The fraction of sp³-hybridized carbons (Fsp3) is 0.765. The third-order valence-corrected chi connectivity index (χ3v) is 4.34. The molecule has 1 aromatic rings. The highest BCUT2D eigenvalue weighted by Gasteiger charge is 2.27. The van der Waals surface area contributed by atoms with Gasteiger partial charge in [0.05, 0.1) is 0 Å². The van der Waals surface area contributed by atoms with Gasteiger partial charge in [0.15, 0.2) is 0 Å². The zero-order chi connectivity index (χ0) is 15.7. The monoisotopic (exact) mass is 290 g/mol. The molecule has 1 saturated carbocycles. The molecule has 2 N–H and O–H groups in total. The van der Waals surface area contributed by atoms with Crippen LogP contribution in [0.3, 0.4) is 0 Å². The van der Waals surface area contributed by atoms with Gasteiger partial charge < -0.3 is 10.6 Å². The van der Waals surface area contributed by atoms with Crippen LogP contribution in [-0.2, 0) is 5.41 Å². The van der Waals surface area contributed by atoms with E-state index in [0.717, 1.165) is 17.5 Å². The second kappa shape index (κ2) is 5.82. The van der Waals surface area contributed by atoms with Crippen LogP contribution in [0.5, 0.6) is 0 Å². The number of hydrogen-bond acceptors (Lipinski definition) is 4. The molecule has 1 aliphatic rings. The predicted octanol–water partition coefficient (Wildman–Crippen LogP) is 4.20. The van der Waals surface area contributed by atoms with Crippen molar-refractivity contribution in [1.29, 1.82) is 0 Å². The smallest absolute Gasteiger partial charge is 0.138 e. The van der Waals surface area contributed by atoms with E-state index in [4.69, 9.17) is 4.98 Å². The summed E-state index contributed by atoms with van der Waals surface area (Å²) >= 11 is 0. The minimum Gasteiger partial charge on any atom is -0.373 e. The molecule has 0 aliphatic heterocycles. The van der Waals surface area contributed by atoms with Crippen LogP contribution in [0.4, 0.5) is 11.6 Å². The fourth-order valence-corrected chi connectivity index (χ4v) is 2.74. The molecule has 1 heterocycles. The molecule has 118 valence electrons. The number of hydrogen-bond donors (Lipinski definition) is 2. The van der Waals surface area contributed by atoms with Crippen molar-refractivity contribution in [2.24, 2.45) is 5.41 Å². The second-order valence-corrected chi connectivity index (χ2v) is 8.04. The molecule has 1 fully saturated rings. The summed E-state index contributed by atoms with van der Waals surface area (Å²) in [5.74, 6) is 2.71. The molecular formula is C17H30N4. The van der Waals surface area contributed by atoms with Crippen LogP contribution in [0.2, 0.25) is 0 Å². The van der Waals surface area contributed by atoms with E-state index in [1.807, 2.05) is 13.1 Å². The summed E-state index contributed by atoms with van der Waals surface area (Å²) < 4.78 is 0. The Morgan fingerprint density at radius 1 is 1.10 bits per heavy atom. The zero-order valence-electron chi connectivity index (χ0n) is 14.4. The number of nitrogens with zero attached hydrogens (tertiary/aromatic N) is 2. The number of nitrogens with one attached hydrogen (secondary N) is 2. The Morgan fingerprint density at radius 2 is 1.67 bits per heavy atom. The molecule has 0 amide bonds. The molecule has 0 aromatic carbocycles. The first-order chi connectivity index (χ1) is 9.69. The number of anilines is 2. The van der Waals surface area contributed by atoms with Crippen molar-refractivity contribution in [2.45, 2.75) is 71.8 Å². The predicted molar refractivity (Wildman–Crippen MR) is 89.9 cm³/mol. The minimum absolute atomic E-state index is 0.0438. The molecule has 0 unspecified atom stereocenters. The second-order valence-electron chi connectivity index (χ2n) is 8.04. The highest BCUT2D eigenvalue weighted by atomic mass is 15.1. The van der Waals surface area contributed by atoms with Crippen molar-refractivity contribution in [2.75, 3.05) is 17.7 Å². The standard InChI is InChI=1S/C17H30N4/c1-16(2,3)15-20-13(18-6)11-14(21-15)19-12-7-9-17(4,5)10-8-12/h11-12H,7-10H2,1-6H3,(H2,18,19,20,21). The summed E-state index contributed by atoms with van der Waals surface area (Å²) in [4.78, 5) is 9.30. The van der Waals surface area contributed by atoms with Crippen molar-refractivity contribution < 1.29 is 0 Å². The van der Waals surface area contributed by atoms with Gasteiger partial charge in [0, 0.05) is 24.6 Å². The Bertz CT molecular complexity index is 478. The maximum absolute atomic E-state index is 4.72. The third kappa shape index (κ3) is 4.32. The molecule has 0 spiro atoms. The van der Waals surface area contributed by atoms with Gasteiger partial charge in [-0.05, 0) is 31.1 Å². The van der Waals surface area contributed by atoms with Crippen molar-refractivity contribution in [3.05, 3.63) is 11.9 Å². The van der Waals surface area contributed by atoms with Gasteiger partial charge in [-0.1, -0.05) is 34.6 Å². The average Bonchev–Trinajstić information content (AvgIpc) is 2.40. The fourth-order valence-electron chi connectivity index (χ4n) is 2.74. The van der Waals surface area contributed by atoms with E-state index in [1.165, 1.54) is 25.7 Å². The summed E-state index contributed by atoms with van der Waals surface area (Å²) in [5, 5.41) is 6.75. The maximum atomic E-state index is 4.72. The van der Waals surface area contributed by atoms with Crippen molar-refractivity contribution in [1.82, 2.24) is 9.97 Å². The molecule has 1 aliphatic carbocycles. The topological polar surface area (TPSA) is 49.8 Å². The van der Waals surface area contributed by atoms with Gasteiger partial charge in [0.1, 0.15) is 17.5 Å². The number of aromatic nitrogens is 2. The highest BCUT2D eigenvalue weighted by molar-refractivity contribution is 5.48. The maximum Gasteiger partial charge on any atom is 0.138 e. The summed E-state index contributed by atoms with van der Waals surface area (Å²) in [6.45, 7) is 11.2. The van der Waals surface area contributed by atoms with E-state index in [0.29, 0.717) is 11.5 Å². The first kappa shape index (κ1) is 16.1. The van der Waals surface area contributed by atoms with Crippen LogP contribution in [0, 0.1) is 5.41 Å². The lowest BCUT2D eigenvalue weighted by atomic mass is 9.75. The summed E-state index contributed by atoms with van der Waals surface area (Å²) in [5.41, 5.74) is 0.453. The van der Waals surface area contributed by atoms with Gasteiger partial charge in [-0.2, -0.15) is 0 Å². The van der Waals surface area contributed by atoms with Crippen LogP contribution in [0.25, 0.3) is 0 Å². The van der Waals surface area contributed by atoms with E-state index in [-0.39, 0.29) is 5.41 Å². The Balaban J connectivity index is 2.13. The Kier molecular flexibility index (Phi) is 4.45. The lowest BCUT2D eigenvalue weighted by Gasteiger charge is -2.35. The lowest BCUT2D eigenvalue weighted by molar-refractivity contribution is 0.232. The van der Waals surface area contributed by atoms with Gasteiger partial charge >= 0.3 is 0 Å². The van der Waals surface area contributed by atoms with Crippen LogP contribution in [0.1, 0.15) is 66.1 Å². The summed E-state index contributed by atoms with van der Waals surface area (Å²) in [6, 6.07) is 2.54. The number of rotatable bonds is 3. The van der Waals surface area contributed by atoms with Gasteiger partial charge in [-0.15, -0.1) is 0 Å². The normalized spacial score (nSPS) is 19.3. The van der Waals surface area contributed by atoms with E-state index in [9.17, 15) is 0 Å². The molecular weight excluding hydrogens is 260 g/mol. The van der Waals surface area contributed by atoms with Gasteiger partial charge in [0.2, 0.25) is 0 Å². The van der Waals surface area contributed by atoms with E-state index in [1.54, 1.807) is 0 Å². The van der Waals surface area contributed by atoms with Crippen LogP contribution in [0.15, 0.2) is 6.07 Å². The third-order valence-electron chi connectivity index (χ3n) is 4.34. The Hall–Kier alpha value is -1.32. The molecule has 4 nitrogen and oxygen atoms in total. The molecule has 1 aromatic heterocycles. The van der Waals surface area contributed by atoms with Crippen molar-refractivity contribution in [3.8, 4) is 0 Å². The average molecular weight is 290 g/mol. The van der Waals surface area contributed by atoms with Crippen molar-refractivity contribution in [3.63, 3.8) is 0 Å². The van der Waals surface area contributed by atoms with Gasteiger partial charge in [0.25, 0.3) is 0 Å². The molecule has 0 atom stereocenters. The van der Waals surface area contributed by atoms with E-state index in [2.05, 4.69) is 50.2 Å². The molecule has 21 heavy (non-hydrogen) atoms. The molecule has 0 saturated heterocycles. The Labute approximate surface area is 129 Å². The van der Waals surface area contributed by atoms with Crippen LogP contribution < -0.4 is 10.6 Å². The van der Waals surface area contributed by atoms with Crippen molar-refractivity contribution >= 4 is 11.6 Å². The summed E-state index contributed by atoms with van der Waals surface area (Å²) in [7, 11) is 1.90. The lowest BCUT2D eigenvalue weighted by Crippen LogP contribution is -2.30. The first-order valence-corrected chi connectivity index (χ1v) is 8.03. The first-order valence-electron chi connectivity index (χ1n) is 8.03. The SMILES string of the molecule is CNc1cc(NC2CCC(C)(C)CC2)nc(C(C)(C)C)n1. The van der Waals surface area contributed by atoms with E-state index < -0.39 is 0 Å². The molecule has 4 heteroatoms. The Morgan fingerprint density at radius 3 is 2.19 bits per heavy atom. The minimum atomic E-state index is -0.0438. The van der Waals surface area contributed by atoms with Gasteiger partial charge in [-0.25, -0.2) is 9.97 Å². The van der Waals surface area contributed by atoms with Crippen LogP contribution in [-0.4, -0.2) is 23.1 Å². The molecule has 2 rings (SSSR count). The van der Waals surface area contributed by atoms with E-state index >= 15 is 0 Å². The summed E-state index contributed by atoms with van der Waals surface area (Å²) in [6.07, 6.45) is 5.00. The quantitative estimate of drug-likeness (QED) is 0.876. The van der Waals surface area contributed by atoms with Crippen LogP contribution >= 0.6 is 0 Å². The highest BCUT2D eigenvalue weighted by Crippen LogP contribution is 2.36. The molecule has 0 radical (unpaired) electrons. The molecule has 0 bridgehead atoms.